The molecule has 2 unspecified atom stereocenters. The predicted octanol–water partition coefficient (Wildman–Crippen LogP) is 2.93. The van der Waals surface area contributed by atoms with Crippen molar-refractivity contribution < 1.29 is 9.47 Å². The van der Waals surface area contributed by atoms with Crippen LogP contribution >= 0.6 is 0 Å². The van der Waals surface area contributed by atoms with Crippen LogP contribution in [-0.4, -0.2) is 68.0 Å². The molecule has 0 amide bonds. The first-order valence-corrected chi connectivity index (χ1v) is 11.7. The molecule has 3 heterocycles. The van der Waals surface area contributed by atoms with Gasteiger partial charge in [0.1, 0.15) is 0 Å². The van der Waals surface area contributed by atoms with Crippen molar-refractivity contribution in [3.63, 3.8) is 0 Å². The van der Waals surface area contributed by atoms with Crippen LogP contribution in [0.3, 0.4) is 0 Å². The summed E-state index contributed by atoms with van der Waals surface area (Å²) in [6.45, 7) is 6.28. The van der Waals surface area contributed by atoms with Crippen molar-refractivity contribution in [2.75, 3.05) is 33.4 Å². The van der Waals surface area contributed by atoms with E-state index in [4.69, 9.17) is 14.5 Å². The number of benzene rings is 1. The van der Waals surface area contributed by atoms with Crippen LogP contribution in [0.2, 0.25) is 0 Å². The fourth-order valence-electron chi connectivity index (χ4n) is 5.35. The van der Waals surface area contributed by atoms with E-state index in [-0.39, 0.29) is 5.60 Å². The fourth-order valence-corrected chi connectivity index (χ4v) is 5.35. The SMILES string of the molecule is CCNC(=NCC1(OC)CCOCC1)NC1CC2CCC(C1)N2Cc1ccccc1. The summed E-state index contributed by atoms with van der Waals surface area (Å²) in [4.78, 5) is 7.67. The topological polar surface area (TPSA) is 58.1 Å². The van der Waals surface area contributed by atoms with Gasteiger partial charge in [0.15, 0.2) is 5.96 Å². The normalized spacial score (nSPS) is 29.0. The second-order valence-electron chi connectivity index (χ2n) is 9.05. The number of fused-ring (bicyclic) bond motifs is 2. The Balaban J connectivity index is 1.36. The largest absolute Gasteiger partial charge is 0.381 e. The van der Waals surface area contributed by atoms with Crippen molar-refractivity contribution in [3.05, 3.63) is 35.9 Å². The molecule has 0 saturated carbocycles. The molecule has 0 radical (unpaired) electrons. The van der Waals surface area contributed by atoms with E-state index >= 15 is 0 Å². The van der Waals surface area contributed by atoms with Crippen LogP contribution in [0.1, 0.15) is 51.0 Å². The highest BCUT2D eigenvalue weighted by Gasteiger charge is 2.41. The Kier molecular flexibility index (Phi) is 7.28. The Bertz CT molecular complexity index is 676. The van der Waals surface area contributed by atoms with Gasteiger partial charge in [0.2, 0.25) is 0 Å². The van der Waals surface area contributed by atoms with Gasteiger partial charge in [-0.2, -0.15) is 0 Å². The van der Waals surface area contributed by atoms with Crippen LogP contribution < -0.4 is 10.6 Å². The fraction of sp³-hybridized carbons (Fsp3) is 0.708. The van der Waals surface area contributed by atoms with Gasteiger partial charge in [-0.25, -0.2) is 0 Å². The number of aliphatic imine (C=N–C) groups is 1. The molecule has 0 aromatic heterocycles. The lowest BCUT2D eigenvalue weighted by Crippen LogP contribution is -2.52. The summed E-state index contributed by atoms with van der Waals surface area (Å²) in [5, 5.41) is 7.20. The smallest absolute Gasteiger partial charge is 0.191 e. The summed E-state index contributed by atoms with van der Waals surface area (Å²) in [5.41, 5.74) is 1.25. The minimum absolute atomic E-state index is 0.182. The van der Waals surface area contributed by atoms with E-state index in [1.165, 1.54) is 31.2 Å². The van der Waals surface area contributed by atoms with Crippen molar-refractivity contribution in [1.29, 1.82) is 0 Å². The Hall–Kier alpha value is -1.63. The molecule has 0 spiro atoms. The maximum absolute atomic E-state index is 5.86. The van der Waals surface area contributed by atoms with Gasteiger partial charge in [-0.1, -0.05) is 30.3 Å². The van der Waals surface area contributed by atoms with E-state index in [9.17, 15) is 0 Å². The van der Waals surface area contributed by atoms with Gasteiger partial charge in [0.05, 0.1) is 12.1 Å². The first kappa shape index (κ1) is 21.6. The van der Waals surface area contributed by atoms with Gasteiger partial charge in [-0.15, -0.1) is 0 Å². The Morgan fingerprint density at radius 1 is 1.17 bits per heavy atom. The Morgan fingerprint density at radius 3 is 2.50 bits per heavy atom. The maximum Gasteiger partial charge on any atom is 0.191 e. The molecule has 166 valence electrons. The lowest BCUT2D eigenvalue weighted by Gasteiger charge is -2.40. The highest BCUT2D eigenvalue weighted by molar-refractivity contribution is 5.80. The molecule has 4 rings (SSSR count). The van der Waals surface area contributed by atoms with Gasteiger partial charge in [-0.3, -0.25) is 9.89 Å². The molecule has 3 aliphatic heterocycles. The van der Waals surface area contributed by atoms with Crippen molar-refractivity contribution in [3.8, 4) is 0 Å². The van der Waals surface area contributed by atoms with Crippen molar-refractivity contribution >= 4 is 5.96 Å². The predicted molar refractivity (Wildman–Crippen MR) is 121 cm³/mol. The number of piperidine rings is 1. The molecule has 2 bridgehead atoms. The number of ether oxygens (including phenoxy) is 2. The van der Waals surface area contributed by atoms with E-state index in [1.54, 1.807) is 7.11 Å². The van der Waals surface area contributed by atoms with E-state index in [0.29, 0.717) is 24.7 Å². The Labute approximate surface area is 181 Å². The molecule has 3 aliphatic rings. The lowest BCUT2D eigenvalue weighted by molar-refractivity contribution is -0.0829. The minimum Gasteiger partial charge on any atom is -0.381 e. The second kappa shape index (κ2) is 10.1. The number of rotatable bonds is 7. The van der Waals surface area contributed by atoms with Crippen molar-refractivity contribution in [2.45, 2.75) is 75.7 Å². The number of nitrogens with one attached hydrogen (secondary N) is 2. The van der Waals surface area contributed by atoms with Crippen LogP contribution in [-0.2, 0) is 16.0 Å². The zero-order chi connectivity index (χ0) is 20.8. The first-order valence-electron chi connectivity index (χ1n) is 11.7. The summed E-state index contributed by atoms with van der Waals surface area (Å²) in [6.07, 6.45) is 6.84. The third kappa shape index (κ3) is 5.16. The average molecular weight is 415 g/mol. The molecule has 1 aromatic rings. The molecule has 2 atom stereocenters. The van der Waals surface area contributed by atoms with E-state index in [0.717, 1.165) is 45.1 Å². The lowest BCUT2D eigenvalue weighted by atomic mass is 9.94. The summed E-state index contributed by atoms with van der Waals surface area (Å²) in [6, 6.07) is 12.7. The van der Waals surface area contributed by atoms with E-state index in [1.807, 2.05) is 0 Å². The van der Waals surface area contributed by atoms with Crippen LogP contribution in [0.25, 0.3) is 0 Å². The molecule has 3 fully saturated rings. The minimum atomic E-state index is -0.182. The summed E-state index contributed by atoms with van der Waals surface area (Å²) < 4.78 is 11.4. The summed E-state index contributed by atoms with van der Waals surface area (Å²) in [5.74, 6) is 0.932. The second-order valence-corrected chi connectivity index (χ2v) is 9.05. The third-order valence-electron chi connectivity index (χ3n) is 7.14. The van der Waals surface area contributed by atoms with Gasteiger partial charge in [-0.05, 0) is 38.2 Å². The monoisotopic (exact) mass is 414 g/mol. The van der Waals surface area contributed by atoms with E-state index < -0.39 is 0 Å². The van der Waals surface area contributed by atoms with Crippen molar-refractivity contribution in [1.82, 2.24) is 15.5 Å². The number of methoxy groups -OCH3 is 1. The molecule has 0 aliphatic carbocycles. The van der Waals surface area contributed by atoms with Gasteiger partial charge >= 0.3 is 0 Å². The molecule has 2 N–H and O–H groups in total. The van der Waals surface area contributed by atoms with Crippen LogP contribution in [0.4, 0.5) is 0 Å². The van der Waals surface area contributed by atoms with E-state index in [2.05, 4.69) is 52.8 Å². The number of nitrogens with zero attached hydrogens (tertiary/aromatic N) is 2. The van der Waals surface area contributed by atoms with Gasteiger partial charge < -0.3 is 20.1 Å². The van der Waals surface area contributed by atoms with Crippen molar-refractivity contribution in [2.24, 2.45) is 4.99 Å². The maximum atomic E-state index is 5.86. The van der Waals surface area contributed by atoms with Crippen LogP contribution in [0.5, 0.6) is 0 Å². The zero-order valence-electron chi connectivity index (χ0n) is 18.6. The van der Waals surface area contributed by atoms with Gasteiger partial charge in [0.25, 0.3) is 0 Å². The number of hydrogen-bond acceptors (Lipinski definition) is 4. The highest BCUT2D eigenvalue weighted by atomic mass is 16.5. The molecule has 1 aromatic carbocycles. The van der Waals surface area contributed by atoms with Gasteiger partial charge in [0, 0.05) is 64.4 Å². The number of hydrogen-bond donors (Lipinski definition) is 2. The quantitative estimate of drug-likeness (QED) is 0.531. The molecule has 6 heteroatoms. The zero-order valence-corrected chi connectivity index (χ0v) is 18.6. The summed E-state index contributed by atoms with van der Waals surface area (Å²) in [7, 11) is 1.81. The average Bonchev–Trinajstić information content (AvgIpc) is 3.01. The third-order valence-corrected chi connectivity index (χ3v) is 7.14. The molecular formula is C24H38N4O2. The summed E-state index contributed by atoms with van der Waals surface area (Å²) >= 11 is 0. The first-order chi connectivity index (χ1) is 14.7. The standard InChI is InChI=1S/C24H38N4O2/c1-3-25-23(26-18-24(29-2)11-13-30-14-12-24)27-20-15-21-9-10-22(16-20)28(21)17-19-7-5-4-6-8-19/h4-8,20-22H,3,9-18H2,1-2H3,(H2,25,26,27). The van der Waals surface area contributed by atoms with Crippen LogP contribution in [0.15, 0.2) is 35.3 Å². The molecule has 3 saturated heterocycles. The molecule has 6 nitrogen and oxygen atoms in total. The van der Waals surface area contributed by atoms with Crippen LogP contribution in [0, 0.1) is 0 Å². The molecule has 30 heavy (non-hydrogen) atoms. The Morgan fingerprint density at radius 2 is 1.87 bits per heavy atom. The number of guanidine groups is 1. The molecular weight excluding hydrogens is 376 g/mol. The highest BCUT2D eigenvalue weighted by Crippen LogP contribution is 2.36.